The number of hydrogen-bond acceptors (Lipinski definition) is 1. The number of rotatable bonds is 6. The largest absolute Gasteiger partial charge is 0.299 e. The smallest absolute Gasteiger partial charge is 0.144 e. The Kier molecular flexibility index (Phi) is 5.11. The number of carbonyl (C=O) groups is 1. The molecule has 2 aromatic carbocycles. The van der Waals surface area contributed by atoms with Crippen LogP contribution in [0, 0.1) is 5.92 Å². The lowest BCUT2D eigenvalue weighted by Gasteiger charge is -2.22. The Hall–Kier alpha value is -1.89. The molecule has 1 nitrogen and oxygen atoms in total. The number of Topliss-reactive ketones (excluding diaryl/α,β-unsaturated/α-hetero) is 1. The van der Waals surface area contributed by atoms with E-state index in [1.54, 1.807) is 0 Å². The zero-order chi connectivity index (χ0) is 14.4. The maximum atomic E-state index is 12.7. The molecule has 0 fully saturated rings. The summed E-state index contributed by atoms with van der Waals surface area (Å²) in [5.74, 6) is 0.687. The van der Waals surface area contributed by atoms with Crippen molar-refractivity contribution < 1.29 is 4.79 Å². The molecular weight excluding hydrogens is 244 g/mol. The summed E-state index contributed by atoms with van der Waals surface area (Å²) in [6, 6.07) is 20.2. The maximum Gasteiger partial charge on any atom is 0.144 e. The molecule has 2 aromatic rings. The fourth-order valence-electron chi connectivity index (χ4n) is 2.63. The van der Waals surface area contributed by atoms with Gasteiger partial charge in [0.1, 0.15) is 5.78 Å². The van der Waals surface area contributed by atoms with Gasteiger partial charge >= 0.3 is 0 Å². The molecule has 0 aliphatic carbocycles. The Labute approximate surface area is 121 Å². The molecular formula is C19H22O. The number of benzene rings is 2. The highest BCUT2D eigenvalue weighted by Gasteiger charge is 2.25. The first kappa shape index (κ1) is 14.5. The molecule has 2 atom stereocenters. The molecule has 1 heteroatoms. The van der Waals surface area contributed by atoms with Crippen LogP contribution in [-0.2, 0) is 11.2 Å². The number of hydrogen-bond donors (Lipinski definition) is 0. The molecule has 0 radical (unpaired) electrons. The molecule has 0 saturated carbocycles. The predicted octanol–water partition coefficient (Wildman–Crippen LogP) is 4.63. The van der Waals surface area contributed by atoms with Gasteiger partial charge in [0.15, 0.2) is 0 Å². The molecule has 20 heavy (non-hydrogen) atoms. The van der Waals surface area contributed by atoms with Crippen molar-refractivity contribution in [1.82, 2.24) is 0 Å². The van der Waals surface area contributed by atoms with Gasteiger partial charge in [0.2, 0.25) is 0 Å². The summed E-state index contributed by atoms with van der Waals surface area (Å²) in [6.45, 7) is 4.32. The van der Waals surface area contributed by atoms with E-state index in [0.717, 1.165) is 17.5 Å². The third kappa shape index (κ3) is 3.57. The van der Waals surface area contributed by atoms with Gasteiger partial charge in [0, 0.05) is 12.3 Å². The van der Waals surface area contributed by atoms with Gasteiger partial charge < -0.3 is 0 Å². The van der Waals surface area contributed by atoms with Gasteiger partial charge in [-0.15, -0.1) is 0 Å². The molecule has 2 rings (SSSR count). The topological polar surface area (TPSA) is 17.1 Å². The fourth-order valence-corrected chi connectivity index (χ4v) is 2.63. The van der Waals surface area contributed by atoms with Crippen LogP contribution in [0.15, 0.2) is 60.7 Å². The number of carbonyl (C=O) groups excluding carboxylic acids is 1. The molecule has 0 saturated heterocycles. The quantitative estimate of drug-likeness (QED) is 0.745. The fraction of sp³-hybridized carbons (Fsp3) is 0.316. The van der Waals surface area contributed by atoms with Gasteiger partial charge in [-0.3, -0.25) is 4.79 Å². The zero-order valence-electron chi connectivity index (χ0n) is 12.3. The Bertz CT molecular complexity index is 530. The van der Waals surface area contributed by atoms with Gasteiger partial charge in [-0.05, 0) is 17.0 Å². The minimum atomic E-state index is 0.00130. The molecule has 0 N–H and O–H groups in total. The first-order chi connectivity index (χ1) is 9.72. The van der Waals surface area contributed by atoms with Crippen molar-refractivity contribution in [2.45, 2.75) is 32.6 Å². The molecule has 0 aliphatic rings. The van der Waals surface area contributed by atoms with E-state index < -0.39 is 0 Å². The normalized spacial score (nSPS) is 13.7. The van der Waals surface area contributed by atoms with Crippen molar-refractivity contribution in [2.24, 2.45) is 5.92 Å². The second kappa shape index (κ2) is 7.04. The van der Waals surface area contributed by atoms with Gasteiger partial charge in [-0.1, -0.05) is 80.9 Å². The summed E-state index contributed by atoms with van der Waals surface area (Å²) in [4.78, 5) is 12.7. The molecule has 0 amide bonds. The van der Waals surface area contributed by atoms with Gasteiger partial charge in [-0.25, -0.2) is 0 Å². The monoisotopic (exact) mass is 266 g/mol. The average molecular weight is 266 g/mol. The van der Waals surface area contributed by atoms with E-state index in [1.807, 2.05) is 48.5 Å². The highest BCUT2D eigenvalue weighted by Crippen LogP contribution is 2.29. The standard InChI is InChI=1S/C19H22O/c1-3-15(2)19(17-12-8-5-9-13-17)18(20)14-16-10-6-4-7-11-16/h4-13,15,19H,3,14H2,1-2H3. The third-order valence-electron chi connectivity index (χ3n) is 3.94. The molecule has 0 bridgehead atoms. The minimum absolute atomic E-state index is 0.00130. The molecule has 0 aliphatic heterocycles. The summed E-state index contributed by atoms with van der Waals surface area (Å²) in [6.07, 6.45) is 1.53. The van der Waals surface area contributed by atoms with E-state index in [-0.39, 0.29) is 5.92 Å². The van der Waals surface area contributed by atoms with Crippen LogP contribution in [0.3, 0.4) is 0 Å². The average Bonchev–Trinajstić information content (AvgIpc) is 2.49. The van der Waals surface area contributed by atoms with Crippen LogP contribution in [-0.4, -0.2) is 5.78 Å². The predicted molar refractivity (Wildman–Crippen MR) is 83.8 cm³/mol. The summed E-state index contributed by atoms with van der Waals surface area (Å²) < 4.78 is 0. The van der Waals surface area contributed by atoms with E-state index in [2.05, 4.69) is 26.0 Å². The maximum absolute atomic E-state index is 12.7. The lowest BCUT2D eigenvalue weighted by Crippen LogP contribution is -2.21. The van der Waals surface area contributed by atoms with E-state index >= 15 is 0 Å². The van der Waals surface area contributed by atoms with Crippen molar-refractivity contribution in [1.29, 1.82) is 0 Å². The van der Waals surface area contributed by atoms with E-state index in [1.165, 1.54) is 0 Å². The SMILES string of the molecule is CCC(C)C(C(=O)Cc1ccccc1)c1ccccc1. The summed E-state index contributed by atoms with van der Waals surface area (Å²) in [7, 11) is 0. The lowest BCUT2D eigenvalue weighted by atomic mass is 9.80. The van der Waals surface area contributed by atoms with Gasteiger partial charge in [-0.2, -0.15) is 0 Å². The van der Waals surface area contributed by atoms with Crippen molar-refractivity contribution in [3.05, 3.63) is 71.8 Å². The molecule has 0 aromatic heterocycles. The molecule has 104 valence electrons. The highest BCUT2D eigenvalue weighted by atomic mass is 16.1. The van der Waals surface area contributed by atoms with Crippen LogP contribution in [0.2, 0.25) is 0 Å². The highest BCUT2D eigenvalue weighted by molar-refractivity contribution is 5.87. The van der Waals surface area contributed by atoms with Crippen LogP contribution in [0.4, 0.5) is 0 Å². The second-order valence-electron chi connectivity index (χ2n) is 5.40. The molecule has 0 heterocycles. The van der Waals surface area contributed by atoms with Crippen LogP contribution < -0.4 is 0 Å². The Morgan fingerprint density at radius 3 is 2.05 bits per heavy atom. The van der Waals surface area contributed by atoms with Crippen molar-refractivity contribution in [3.63, 3.8) is 0 Å². The lowest BCUT2D eigenvalue weighted by molar-refractivity contribution is -0.120. The second-order valence-corrected chi connectivity index (χ2v) is 5.40. The van der Waals surface area contributed by atoms with E-state index in [9.17, 15) is 4.79 Å². The first-order valence-electron chi connectivity index (χ1n) is 7.34. The van der Waals surface area contributed by atoms with Crippen LogP contribution in [0.5, 0.6) is 0 Å². The summed E-state index contributed by atoms with van der Waals surface area (Å²) >= 11 is 0. The van der Waals surface area contributed by atoms with Crippen LogP contribution >= 0.6 is 0 Å². The Morgan fingerprint density at radius 1 is 0.950 bits per heavy atom. The Balaban J connectivity index is 2.21. The van der Waals surface area contributed by atoms with Crippen LogP contribution in [0.25, 0.3) is 0 Å². The summed E-state index contributed by atoms with van der Waals surface area (Å²) in [5.41, 5.74) is 2.24. The molecule has 0 spiro atoms. The van der Waals surface area contributed by atoms with Crippen molar-refractivity contribution >= 4 is 5.78 Å². The zero-order valence-corrected chi connectivity index (χ0v) is 12.3. The van der Waals surface area contributed by atoms with E-state index in [4.69, 9.17) is 0 Å². The Morgan fingerprint density at radius 2 is 1.50 bits per heavy atom. The molecule has 2 unspecified atom stereocenters. The first-order valence-corrected chi connectivity index (χ1v) is 7.34. The summed E-state index contributed by atoms with van der Waals surface area (Å²) in [5, 5.41) is 0. The third-order valence-corrected chi connectivity index (χ3v) is 3.94. The van der Waals surface area contributed by atoms with Crippen molar-refractivity contribution in [3.8, 4) is 0 Å². The number of ketones is 1. The van der Waals surface area contributed by atoms with Crippen LogP contribution in [0.1, 0.15) is 37.3 Å². The van der Waals surface area contributed by atoms with E-state index in [0.29, 0.717) is 18.1 Å². The van der Waals surface area contributed by atoms with Gasteiger partial charge in [0.05, 0.1) is 0 Å². The van der Waals surface area contributed by atoms with Crippen molar-refractivity contribution in [2.75, 3.05) is 0 Å². The van der Waals surface area contributed by atoms with Gasteiger partial charge in [0.25, 0.3) is 0 Å². The minimum Gasteiger partial charge on any atom is -0.299 e.